The Hall–Kier alpha value is -2.88. The third-order valence-corrected chi connectivity index (χ3v) is 5.17. The maximum absolute atomic E-state index is 12.6. The molecule has 0 aromatic heterocycles. The van der Waals surface area contributed by atoms with Crippen LogP contribution in [0, 0.1) is 11.3 Å². The number of likely N-dealkylation sites (tertiary alicyclic amines) is 1. The van der Waals surface area contributed by atoms with E-state index in [1.54, 1.807) is 12.1 Å². The van der Waals surface area contributed by atoms with Gasteiger partial charge in [-0.15, -0.1) is 0 Å². The molecule has 6 nitrogen and oxygen atoms in total. The first kappa shape index (κ1) is 20.8. The molecule has 1 N–H and O–H groups in total. The van der Waals surface area contributed by atoms with Crippen LogP contribution in [-0.4, -0.2) is 44.2 Å². The number of ether oxygens (including phenoxy) is 2. The highest BCUT2D eigenvalue weighted by Crippen LogP contribution is 2.23. The van der Waals surface area contributed by atoms with Crippen molar-refractivity contribution in [2.75, 3.05) is 27.2 Å². The Bertz CT molecular complexity index is 835. The number of hydrogen-bond acceptors (Lipinski definition) is 5. The van der Waals surface area contributed by atoms with Gasteiger partial charge in [0.05, 0.1) is 11.6 Å². The van der Waals surface area contributed by atoms with Crippen LogP contribution in [0.15, 0.2) is 48.5 Å². The highest BCUT2D eigenvalue weighted by Gasteiger charge is 2.21. The molecule has 1 heterocycles. The van der Waals surface area contributed by atoms with Crippen LogP contribution in [0.4, 0.5) is 0 Å². The molecular weight excluding hydrogens is 366 g/mol. The van der Waals surface area contributed by atoms with Crippen molar-refractivity contribution >= 4 is 5.91 Å². The molecule has 1 saturated heterocycles. The van der Waals surface area contributed by atoms with Crippen LogP contribution in [0.5, 0.6) is 5.75 Å². The summed E-state index contributed by atoms with van der Waals surface area (Å²) in [6.45, 7) is 2.48. The summed E-state index contributed by atoms with van der Waals surface area (Å²) in [4.78, 5) is 14.9. The van der Waals surface area contributed by atoms with Gasteiger partial charge in [0, 0.05) is 26.7 Å². The molecule has 0 saturated carbocycles. The number of hydrogen-bond donors (Lipinski definition) is 1. The van der Waals surface area contributed by atoms with Crippen molar-refractivity contribution in [3.05, 3.63) is 65.2 Å². The predicted molar refractivity (Wildman–Crippen MR) is 110 cm³/mol. The zero-order valence-electron chi connectivity index (χ0n) is 16.9. The van der Waals surface area contributed by atoms with Crippen molar-refractivity contribution < 1.29 is 14.3 Å². The minimum Gasteiger partial charge on any atom is -0.490 e. The summed E-state index contributed by atoms with van der Waals surface area (Å²) in [6.07, 6.45) is 1.60. The van der Waals surface area contributed by atoms with Gasteiger partial charge in [-0.25, -0.2) is 0 Å². The molecule has 2 aromatic carbocycles. The number of methoxy groups -OCH3 is 1. The lowest BCUT2D eigenvalue weighted by Gasteiger charge is -2.29. The Morgan fingerprint density at radius 1 is 1.17 bits per heavy atom. The van der Waals surface area contributed by atoms with Gasteiger partial charge in [-0.1, -0.05) is 24.3 Å². The summed E-state index contributed by atoms with van der Waals surface area (Å²) in [7, 11) is 3.65. The van der Waals surface area contributed by atoms with Gasteiger partial charge in [-0.2, -0.15) is 5.26 Å². The van der Waals surface area contributed by atoms with E-state index >= 15 is 0 Å². The van der Waals surface area contributed by atoms with Crippen LogP contribution in [-0.2, 0) is 16.1 Å². The Morgan fingerprint density at radius 2 is 1.83 bits per heavy atom. The predicted octanol–water partition coefficient (Wildman–Crippen LogP) is 3.04. The molecule has 0 spiro atoms. The number of nitrogens with one attached hydrogen (secondary N) is 1. The minimum absolute atomic E-state index is 0.208. The lowest BCUT2D eigenvalue weighted by Crippen LogP contribution is -2.35. The summed E-state index contributed by atoms with van der Waals surface area (Å²) in [5, 5.41) is 11.7. The maximum Gasteiger partial charge on any atom is 0.254 e. The first-order valence-corrected chi connectivity index (χ1v) is 9.83. The SMILES string of the molecule is CO[C@H](C(=O)NCc1ccc(C#N)cc1)c1ccc(OC2CCN(C)CC2)cc1. The van der Waals surface area contributed by atoms with E-state index in [2.05, 4.69) is 23.3 Å². The molecule has 0 unspecified atom stereocenters. The normalized spacial score (nSPS) is 16.0. The molecule has 1 amide bonds. The average molecular weight is 393 g/mol. The number of nitrogens with zero attached hydrogens (tertiary/aromatic N) is 2. The number of piperidine rings is 1. The van der Waals surface area contributed by atoms with Gasteiger partial charge >= 0.3 is 0 Å². The van der Waals surface area contributed by atoms with Gasteiger partial charge in [0.2, 0.25) is 0 Å². The summed E-state index contributed by atoms with van der Waals surface area (Å²) in [5.74, 6) is 0.608. The molecule has 6 heteroatoms. The first-order chi connectivity index (χ1) is 14.1. The van der Waals surface area contributed by atoms with Gasteiger partial charge in [0.25, 0.3) is 5.91 Å². The highest BCUT2D eigenvalue weighted by molar-refractivity contribution is 5.82. The fourth-order valence-corrected chi connectivity index (χ4v) is 3.39. The second kappa shape index (κ2) is 10.1. The molecule has 0 bridgehead atoms. The van der Waals surface area contributed by atoms with Crippen LogP contribution in [0.25, 0.3) is 0 Å². The van der Waals surface area contributed by atoms with Crippen LogP contribution in [0.3, 0.4) is 0 Å². The third-order valence-electron chi connectivity index (χ3n) is 5.17. The van der Waals surface area contributed by atoms with Gasteiger partial charge < -0.3 is 19.7 Å². The highest BCUT2D eigenvalue weighted by atomic mass is 16.5. The number of carbonyl (C=O) groups excluding carboxylic acids is 1. The molecule has 1 aliphatic rings. The van der Waals surface area contributed by atoms with Crippen LogP contribution in [0.1, 0.15) is 35.6 Å². The lowest BCUT2D eigenvalue weighted by molar-refractivity contribution is -0.131. The zero-order valence-corrected chi connectivity index (χ0v) is 16.9. The summed E-state index contributed by atoms with van der Waals surface area (Å²) in [6, 6.07) is 16.7. The maximum atomic E-state index is 12.6. The van der Waals surface area contributed by atoms with E-state index in [-0.39, 0.29) is 12.0 Å². The minimum atomic E-state index is -0.689. The Balaban J connectivity index is 1.55. The van der Waals surface area contributed by atoms with Gasteiger partial charge in [0.1, 0.15) is 11.9 Å². The van der Waals surface area contributed by atoms with Crippen molar-refractivity contribution in [2.45, 2.75) is 31.6 Å². The number of nitriles is 1. The van der Waals surface area contributed by atoms with Gasteiger partial charge in [-0.05, 0) is 55.3 Å². The molecular formula is C23H27N3O3. The van der Waals surface area contributed by atoms with E-state index in [0.717, 1.165) is 42.8 Å². The molecule has 2 aromatic rings. The van der Waals surface area contributed by atoms with Crippen LogP contribution in [0.2, 0.25) is 0 Å². The average Bonchev–Trinajstić information content (AvgIpc) is 2.76. The molecule has 1 aliphatic heterocycles. The molecule has 1 fully saturated rings. The van der Waals surface area contributed by atoms with Crippen molar-refractivity contribution in [1.82, 2.24) is 10.2 Å². The van der Waals surface area contributed by atoms with E-state index in [0.29, 0.717) is 12.1 Å². The van der Waals surface area contributed by atoms with E-state index in [4.69, 9.17) is 14.7 Å². The Labute approximate surface area is 172 Å². The largest absolute Gasteiger partial charge is 0.490 e. The molecule has 0 radical (unpaired) electrons. The number of carbonyl (C=O) groups is 1. The Kier molecular flexibility index (Phi) is 7.23. The summed E-state index contributed by atoms with van der Waals surface area (Å²) in [5.41, 5.74) is 2.30. The van der Waals surface area contributed by atoms with Crippen molar-refractivity contribution in [1.29, 1.82) is 5.26 Å². The van der Waals surface area contributed by atoms with E-state index in [1.165, 1.54) is 7.11 Å². The smallest absolute Gasteiger partial charge is 0.254 e. The summed E-state index contributed by atoms with van der Waals surface area (Å²) >= 11 is 0. The van der Waals surface area contributed by atoms with E-state index in [1.807, 2.05) is 36.4 Å². The Morgan fingerprint density at radius 3 is 2.41 bits per heavy atom. The number of rotatable bonds is 7. The van der Waals surface area contributed by atoms with Crippen LogP contribution >= 0.6 is 0 Å². The molecule has 3 rings (SSSR count). The van der Waals surface area contributed by atoms with Gasteiger partial charge in [0.15, 0.2) is 6.10 Å². The quantitative estimate of drug-likeness (QED) is 0.783. The fourth-order valence-electron chi connectivity index (χ4n) is 3.39. The molecule has 152 valence electrons. The van der Waals surface area contributed by atoms with Crippen molar-refractivity contribution in [3.63, 3.8) is 0 Å². The van der Waals surface area contributed by atoms with Crippen molar-refractivity contribution in [2.24, 2.45) is 0 Å². The van der Waals surface area contributed by atoms with Crippen LogP contribution < -0.4 is 10.1 Å². The first-order valence-electron chi connectivity index (χ1n) is 9.83. The number of amides is 1. The topological polar surface area (TPSA) is 74.6 Å². The van der Waals surface area contributed by atoms with E-state index < -0.39 is 6.10 Å². The monoisotopic (exact) mass is 393 g/mol. The zero-order chi connectivity index (χ0) is 20.6. The lowest BCUT2D eigenvalue weighted by atomic mass is 10.1. The molecule has 0 aliphatic carbocycles. The van der Waals surface area contributed by atoms with Crippen molar-refractivity contribution in [3.8, 4) is 11.8 Å². The molecule has 29 heavy (non-hydrogen) atoms. The number of benzene rings is 2. The third kappa shape index (κ3) is 5.80. The van der Waals surface area contributed by atoms with E-state index in [9.17, 15) is 4.79 Å². The summed E-state index contributed by atoms with van der Waals surface area (Å²) < 4.78 is 11.5. The van der Waals surface area contributed by atoms with Gasteiger partial charge in [-0.3, -0.25) is 4.79 Å². The molecule has 1 atom stereocenters. The second-order valence-electron chi connectivity index (χ2n) is 7.33. The standard InChI is InChI=1S/C23H27N3O3/c1-26-13-11-21(12-14-26)29-20-9-7-19(8-10-20)22(28-2)23(27)25-16-18-5-3-17(15-24)4-6-18/h3-10,21-22H,11-14,16H2,1-2H3,(H,25,27)/t22-/m0/s1. The second-order valence-corrected chi connectivity index (χ2v) is 7.33. The fraction of sp³-hybridized carbons (Fsp3) is 0.391.